The van der Waals surface area contributed by atoms with E-state index >= 15 is 0 Å². The molecule has 1 fully saturated rings. The van der Waals surface area contributed by atoms with E-state index in [1.807, 2.05) is 24.3 Å². The highest BCUT2D eigenvalue weighted by atomic mass is 16.5. The third kappa shape index (κ3) is 3.54. The van der Waals surface area contributed by atoms with E-state index in [1.165, 1.54) is 0 Å². The van der Waals surface area contributed by atoms with Crippen LogP contribution in [0.5, 0.6) is 5.75 Å². The Labute approximate surface area is 125 Å². The molecule has 2 aliphatic rings. The first-order valence-electron chi connectivity index (χ1n) is 7.69. The van der Waals surface area contributed by atoms with Gasteiger partial charge in [0, 0.05) is 6.54 Å². The number of para-hydroxylation sites is 2. The monoisotopic (exact) mass is 290 g/mol. The SMILES string of the molecule is O=C(COC1CCNCC1)N1CCCOc2ccccc21. The van der Waals surface area contributed by atoms with Crippen LogP contribution >= 0.6 is 0 Å². The van der Waals surface area contributed by atoms with Crippen LogP contribution in [0.1, 0.15) is 19.3 Å². The summed E-state index contributed by atoms with van der Waals surface area (Å²) in [5.74, 6) is 0.802. The maximum Gasteiger partial charge on any atom is 0.253 e. The Balaban J connectivity index is 1.63. The number of ether oxygens (including phenoxy) is 2. The average molecular weight is 290 g/mol. The molecule has 1 aromatic carbocycles. The Kier molecular flexibility index (Phi) is 4.72. The Bertz CT molecular complexity index is 486. The summed E-state index contributed by atoms with van der Waals surface area (Å²) in [7, 11) is 0. The van der Waals surface area contributed by atoms with Gasteiger partial charge in [0.1, 0.15) is 12.4 Å². The number of piperidine rings is 1. The van der Waals surface area contributed by atoms with E-state index in [0.29, 0.717) is 13.2 Å². The Morgan fingerprint density at radius 1 is 1.33 bits per heavy atom. The fraction of sp³-hybridized carbons (Fsp3) is 0.562. The van der Waals surface area contributed by atoms with Crippen molar-refractivity contribution in [3.05, 3.63) is 24.3 Å². The van der Waals surface area contributed by atoms with Gasteiger partial charge in [-0.1, -0.05) is 12.1 Å². The second kappa shape index (κ2) is 6.91. The molecule has 1 N–H and O–H groups in total. The topological polar surface area (TPSA) is 50.8 Å². The van der Waals surface area contributed by atoms with Gasteiger partial charge in [0.2, 0.25) is 0 Å². The zero-order chi connectivity index (χ0) is 14.5. The standard InChI is InChI=1S/C16H22N2O3/c19-16(12-21-13-6-8-17-9-7-13)18-10-3-11-20-15-5-2-1-4-14(15)18/h1-2,4-5,13,17H,3,6-12H2. The molecule has 0 aliphatic carbocycles. The molecular formula is C16H22N2O3. The average Bonchev–Trinajstić information content (AvgIpc) is 2.76. The summed E-state index contributed by atoms with van der Waals surface area (Å²) in [6.07, 6.45) is 3.00. The number of nitrogens with zero attached hydrogens (tertiary/aromatic N) is 1. The van der Waals surface area contributed by atoms with E-state index < -0.39 is 0 Å². The minimum absolute atomic E-state index is 0.0199. The molecule has 1 aromatic rings. The number of fused-ring (bicyclic) bond motifs is 1. The number of rotatable bonds is 3. The molecule has 114 valence electrons. The van der Waals surface area contributed by atoms with Crippen molar-refractivity contribution < 1.29 is 14.3 Å². The number of hydrogen-bond donors (Lipinski definition) is 1. The molecule has 0 atom stereocenters. The number of nitrogens with one attached hydrogen (secondary N) is 1. The predicted octanol–water partition coefficient (Wildman–Crippen LogP) is 1.57. The number of anilines is 1. The maximum atomic E-state index is 12.5. The minimum Gasteiger partial charge on any atom is -0.491 e. The van der Waals surface area contributed by atoms with E-state index in [4.69, 9.17) is 9.47 Å². The lowest BCUT2D eigenvalue weighted by molar-refractivity contribution is -0.125. The third-order valence-corrected chi connectivity index (χ3v) is 3.97. The summed E-state index contributed by atoms with van der Waals surface area (Å²) in [4.78, 5) is 14.3. The van der Waals surface area contributed by atoms with Crippen LogP contribution in [-0.2, 0) is 9.53 Å². The van der Waals surface area contributed by atoms with Crippen molar-refractivity contribution in [3.63, 3.8) is 0 Å². The van der Waals surface area contributed by atoms with Crippen molar-refractivity contribution in [1.82, 2.24) is 5.32 Å². The quantitative estimate of drug-likeness (QED) is 0.918. The number of carbonyl (C=O) groups excluding carboxylic acids is 1. The van der Waals surface area contributed by atoms with Gasteiger partial charge in [0.25, 0.3) is 5.91 Å². The predicted molar refractivity (Wildman–Crippen MR) is 80.8 cm³/mol. The molecule has 0 saturated carbocycles. The second-order valence-corrected chi connectivity index (χ2v) is 5.48. The van der Waals surface area contributed by atoms with E-state index in [2.05, 4.69) is 5.32 Å². The Hall–Kier alpha value is -1.59. The molecule has 2 aliphatic heterocycles. The smallest absolute Gasteiger partial charge is 0.253 e. The lowest BCUT2D eigenvalue weighted by Gasteiger charge is -2.25. The molecule has 3 rings (SSSR count). The summed E-state index contributed by atoms with van der Waals surface area (Å²) in [6, 6.07) is 7.71. The van der Waals surface area contributed by atoms with E-state index in [9.17, 15) is 4.79 Å². The van der Waals surface area contributed by atoms with Crippen LogP contribution < -0.4 is 15.0 Å². The van der Waals surface area contributed by atoms with Crippen LogP contribution in [-0.4, -0.2) is 44.9 Å². The number of hydrogen-bond acceptors (Lipinski definition) is 4. The van der Waals surface area contributed by atoms with Gasteiger partial charge < -0.3 is 19.7 Å². The summed E-state index contributed by atoms with van der Waals surface area (Å²) < 4.78 is 11.5. The van der Waals surface area contributed by atoms with E-state index in [0.717, 1.165) is 43.8 Å². The zero-order valence-corrected chi connectivity index (χ0v) is 12.2. The highest BCUT2D eigenvalue weighted by Crippen LogP contribution is 2.30. The summed E-state index contributed by atoms with van der Waals surface area (Å²) >= 11 is 0. The first-order valence-corrected chi connectivity index (χ1v) is 7.69. The second-order valence-electron chi connectivity index (χ2n) is 5.48. The van der Waals surface area contributed by atoms with Crippen LogP contribution in [0.2, 0.25) is 0 Å². The lowest BCUT2D eigenvalue weighted by atomic mass is 10.1. The van der Waals surface area contributed by atoms with Crippen molar-refractivity contribution in [1.29, 1.82) is 0 Å². The van der Waals surface area contributed by atoms with Crippen LogP contribution in [0, 0.1) is 0 Å². The molecule has 0 radical (unpaired) electrons. The van der Waals surface area contributed by atoms with Gasteiger partial charge in [-0.05, 0) is 44.5 Å². The first-order chi connectivity index (χ1) is 10.3. The Morgan fingerprint density at radius 2 is 2.14 bits per heavy atom. The van der Waals surface area contributed by atoms with Crippen LogP contribution in [0.25, 0.3) is 0 Å². The van der Waals surface area contributed by atoms with Crippen molar-refractivity contribution in [3.8, 4) is 5.75 Å². The van der Waals surface area contributed by atoms with E-state index in [-0.39, 0.29) is 18.6 Å². The van der Waals surface area contributed by atoms with Gasteiger partial charge >= 0.3 is 0 Å². The highest BCUT2D eigenvalue weighted by molar-refractivity contribution is 5.95. The van der Waals surface area contributed by atoms with Crippen molar-refractivity contribution in [2.75, 3.05) is 37.7 Å². The molecule has 0 spiro atoms. The van der Waals surface area contributed by atoms with Gasteiger partial charge in [-0.15, -0.1) is 0 Å². The van der Waals surface area contributed by atoms with Gasteiger partial charge in [-0.25, -0.2) is 0 Å². The highest BCUT2D eigenvalue weighted by Gasteiger charge is 2.23. The molecule has 0 aromatic heterocycles. The zero-order valence-electron chi connectivity index (χ0n) is 12.2. The molecule has 21 heavy (non-hydrogen) atoms. The summed E-state index contributed by atoms with van der Waals surface area (Å²) in [5, 5.41) is 3.30. The molecule has 0 bridgehead atoms. The lowest BCUT2D eigenvalue weighted by Crippen LogP contribution is -2.38. The van der Waals surface area contributed by atoms with Gasteiger partial charge in [-0.3, -0.25) is 4.79 Å². The number of amides is 1. The van der Waals surface area contributed by atoms with E-state index in [1.54, 1.807) is 4.90 Å². The fourth-order valence-electron chi connectivity index (χ4n) is 2.82. The molecule has 5 heteroatoms. The molecule has 5 nitrogen and oxygen atoms in total. The van der Waals surface area contributed by atoms with Crippen LogP contribution in [0.4, 0.5) is 5.69 Å². The third-order valence-electron chi connectivity index (χ3n) is 3.97. The number of benzene rings is 1. The van der Waals surface area contributed by atoms with Crippen LogP contribution in [0.15, 0.2) is 24.3 Å². The molecular weight excluding hydrogens is 268 g/mol. The van der Waals surface area contributed by atoms with Gasteiger partial charge in [0.15, 0.2) is 0 Å². The fourth-order valence-corrected chi connectivity index (χ4v) is 2.82. The number of carbonyl (C=O) groups is 1. The summed E-state index contributed by atoms with van der Waals surface area (Å²) in [6.45, 7) is 3.43. The normalized spacial score (nSPS) is 19.5. The van der Waals surface area contributed by atoms with Crippen molar-refractivity contribution in [2.45, 2.75) is 25.4 Å². The first kappa shape index (κ1) is 14.4. The molecule has 1 saturated heterocycles. The molecule has 1 amide bonds. The molecule has 2 heterocycles. The van der Waals surface area contributed by atoms with Crippen LogP contribution in [0.3, 0.4) is 0 Å². The Morgan fingerprint density at radius 3 is 3.00 bits per heavy atom. The van der Waals surface area contributed by atoms with Gasteiger partial charge in [-0.2, -0.15) is 0 Å². The maximum absolute atomic E-state index is 12.5. The summed E-state index contributed by atoms with van der Waals surface area (Å²) in [5.41, 5.74) is 0.855. The van der Waals surface area contributed by atoms with Crippen molar-refractivity contribution in [2.24, 2.45) is 0 Å². The molecule has 0 unspecified atom stereocenters. The largest absolute Gasteiger partial charge is 0.491 e. The minimum atomic E-state index is 0.0199. The van der Waals surface area contributed by atoms with Gasteiger partial charge in [0.05, 0.1) is 18.4 Å². The van der Waals surface area contributed by atoms with Crippen molar-refractivity contribution >= 4 is 11.6 Å².